The van der Waals surface area contributed by atoms with Crippen LogP contribution in [0.1, 0.15) is 32.4 Å². The van der Waals surface area contributed by atoms with Gasteiger partial charge in [-0.3, -0.25) is 4.79 Å². The van der Waals surface area contributed by atoms with E-state index in [2.05, 4.69) is 15.7 Å². The van der Waals surface area contributed by atoms with Gasteiger partial charge in [0.25, 0.3) is 0 Å². The van der Waals surface area contributed by atoms with Gasteiger partial charge in [0, 0.05) is 17.8 Å². The number of carbonyl (C=O) groups is 1. The standard InChI is InChI=1S/C16H22N4O/c1-11(2)20-15(8-9-17-20)19-16(21)13(4)18-14-7-5-6-12(3)10-14/h5-11,13,18H,1-4H3,(H,19,21). The molecule has 2 N–H and O–H groups in total. The molecule has 0 spiro atoms. The van der Waals surface area contributed by atoms with E-state index in [1.165, 1.54) is 0 Å². The molecule has 0 aliphatic carbocycles. The van der Waals surface area contributed by atoms with Crippen LogP contribution in [-0.4, -0.2) is 21.7 Å². The quantitative estimate of drug-likeness (QED) is 0.887. The largest absolute Gasteiger partial charge is 0.374 e. The van der Waals surface area contributed by atoms with E-state index < -0.39 is 0 Å². The lowest BCUT2D eigenvalue weighted by atomic mass is 10.2. The topological polar surface area (TPSA) is 59.0 Å². The van der Waals surface area contributed by atoms with Gasteiger partial charge >= 0.3 is 0 Å². The van der Waals surface area contributed by atoms with Gasteiger partial charge in [-0.15, -0.1) is 0 Å². The zero-order valence-electron chi connectivity index (χ0n) is 12.9. The van der Waals surface area contributed by atoms with Crippen molar-refractivity contribution in [1.82, 2.24) is 9.78 Å². The molecule has 0 saturated carbocycles. The lowest BCUT2D eigenvalue weighted by molar-refractivity contribution is -0.116. The molecule has 112 valence electrons. The highest BCUT2D eigenvalue weighted by atomic mass is 16.2. The van der Waals surface area contributed by atoms with Gasteiger partial charge in [0.1, 0.15) is 11.9 Å². The maximum absolute atomic E-state index is 12.3. The molecule has 0 saturated heterocycles. The molecule has 0 aliphatic rings. The van der Waals surface area contributed by atoms with Crippen LogP contribution >= 0.6 is 0 Å². The molecule has 2 aromatic rings. The predicted octanol–water partition coefficient (Wildman–Crippen LogP) is 3.21. The number of aromatic nitrogens is 2. The minimum absolute atomic E-state index is 0.0843. The van der Waals surface area contributed by atoms with Crippen LogP contribution in [0.2, 0.25) is 0 Å². The van der Waals surface area contributed by atoms with Crippen LogP contribution < -0.4 is 10.6 Å². The van der Waals surface area contributed by atoms with Crippen LogP contribution in [0.15, 0.2) is 36.5 Å². The Morgan fingerprint density at radius 1 is 1.24 bits per heavy atom. The summed E-state index contributed by atoms with van der Waals surface area (Å²) in [6.45, 7) is 7.92. The van der Waals surface area contributed by atoms with E-state index in [0.717, 1.165) is 11.3 Å². The molecule has 5 heteroatoms. The SMILES string of the molecule is Cc1cccc(NC(C)C(=O)Nc2ccnn2C(C)C)c1. The molecule has 1 aromatic heterocycles. The van der Waals surface area contributed by atoms with Crippen LogP contribution in [0.25, 0.3) is 0 Å². The molecule has 0 radical (unpaired) electrons. The summed E-state index contributed by atoms with van der Waals surface area (Å²) in [5.41, 5.74) is 2.10. The van der Waals surface area contributed by atoms with Crippen LogP contribution in [0.4, 0.5) is 11.5 Å². The first kappa shape index (κ1) is 15.1. The summed E-state index contributed by atoms with van der Waals surface area (Å²) in [6, 6.07) is 9.64. The normalized spacial score (nSPS) is 12.2. The Labute approximate surface area is 125 Å². The van der Waals surface area contributed by atoms with Crippen molar-refractivity contribution in [3.05, 3.63) is 42.1 Å². The van der Waals surface area contributed by atoms with Crippen LogP contribution in [-0.2, 0) is 4.79 Å². The number of anilines is 2. The monoisotopic (exact) mass is 286 g/mol. The number of aryl methyl sites for hydroxylation is 1. The molecule has 21 heavy (non-hydrogen) atoms. The average Bonchev–Trinajstić information content (AvgIpc) is 2.87. The summed E-state index contributed by atoms with van der Waals surface area (Å²) in [4.78, 5) is 12.3. The van der Waals surface area contributed by atoms with Crippen molar-refractivity contribution in [1.29, 1.82) is 0 Å². The zero-order valence-corrected chi connectivity index (χ0v) is 12.9. The number of amides is 1. The smallest absolute Gasteiger partial charge is 0.247 e. The van der Waals surface area contributed by atoms with Gasteiger partial charge in [0.05, 0.1) is 6.20 Å². The van der Waals surface area contributed by atoms with Crippen molar-refractivity contribution in [3.8, 4) is 0 Å². The second-order valence-electron chi connectivity index (χ2n) is 5.48. The van der Waals surface area contributed by atoms with E-state index in [1.54, 1.807) is 16.9 Å². The highest BCUT2D eigenvalue weighted by Crippen LogP contribution is 2.15. The molecule has 0 bridgehead atoms. The Morgan fingerprint density at radius 2 is 2.00 bits per heavy atom. The minimum Gasteiger partial charge on any atom is -0.374 e. The summed E-state index contributed by atoms with van der Waals surface area (Å²) >= 11 is 0. The molecule has 1 atom stereocenters. The number of nitrogens with one attached hydrogen (secondary N) is 2. The molecular formula is C16H22N4O. The molecular weight excluding hydrogens is 264 g/mol. The van der Waals surface area contributed by atoms with Crippen LogP contribution in [0.3, 0.4) is 0 Å². The number of hydrogen-bond donors (Lipinski definition) is 2. The summed E-state index contributed by atoms with van der Waals surface area (Å²) in [5, 5.41) is 10.3. The van der Waals surface area contributed by atoms with E-state index in [1.807, 2.05) is 52.0 Å². The Hall–Kier alpha value is -2.30. The third-order valence-corrected chi connectivity index (χ3v) is 3.21. The van der Waals surface area contributed by atoms with Crippen molar-refractivity contribution in [2.45, 2.75) is 39.8 Å². The van der Waals surface area contributed by atoms with Crippen molar-refractivity contribution in [2.75, 3.05) is 10.6 Å². The van der Waals surface area contributed by atoms with Crippen molar-refractivity contribution in [2.24, 2.45) is 0 Å². The summed E-state index contributed by atoms with van der Waals surface area (Å²) < 4.78 is 1.79. The second-order valence-corrected chi connectivity index (χ2v) is 5.48. The van der Waals surface area contributed by atoms with Gasteiger partial charge in [-0.05, 0) is 45.4 Å². The maximum atomic E-state index is 12.3. The molecule has 1 heterocycles. The first-order valence-corrected chi connectivity index (χ1v) is 7.15. The second kappa shape index (κ2) is 6.43. The highest BCUT2D eigenvalue weighted by Gasteiger charge is 2.15. The van der Waals surface area contributed by atoms with Crippen molar-refractivity contribution in [3.63, 3.8) is 0 Å². The summed E-state index contributed by atoms with van der Waals surface area (Å²) in [5.74, 6) is 0.631. The number of rotatable bonds is 5. The number of benzene rings is 1. The fourth-order valence-electron chi connectivity index (χ4n) is 2.11. The Kier molecular flexibility index (Phi) is 4.62. The third kappa shape index (κ3) is 3.84. The first-order valence-electron chi connectivity index (χ1n) is 7.15. The molecule has 5 nitrogen and oxygen atoms in total. The van der Waals surface area contributed by atoms with Gasteiger partial charge in [-0.2, -0.15) is 5.10 Å². The number of nitrogens with zero attached hydrogens (tertiary/aromatic N) is 2. The van der Waals surface area contributed by atoms with Gasteiger partial charge in [0.2, 0.25) is 5.91 Å². The number of hydrogen-bond acceptors (Lipinski definition) is 3. The fraction of sp³-hybridized carbons (Fsp3) is 0.375. The molecule has 0 fully saturated rings. The summed E-state index contributed by atoms with van der Waals surface area (Å²) in [7, 11) is 0. The van der Waals surface area contributed by atoms with E-state index in [0.29, 0.717) is 5.82 Å². The molecule has 2 rings (SSSR count). The molecule has 1 amide bonds. The lowest BCUT2D eigenvalue weighted by Crippen LogP contribution is -2.32. The molecule has 1 aromatic carbocycles. The molecule has 1 unspecified atom stereocenters. The van der Waals surface area contributed by atoms with Crippen molar-refractivity contribution >= 4 is 17.4 Å². The van der Waals surface area contributed by atoms with E-state index in [-0.39, 0.29) is 18.0 Å². The predicted molar refractivity (Wildman–Crippen MR) is 85.5 cm³/mol. The van der Waals surface area contributed by atoms with Gasteiger partial charge in [0.15, 0.2) is 0 Å². The Balaban J connectivity index is 2.01. The number of carbonyl (C=O) groups excluding carboxylic acids is 1. The summed E-state index contributed by atoms with van der Waals surface area (Å²) in [6.07, 6.45) is 1.69. The highest BCUT2D eigenvalue weighted by molar-refractivity contribution is 5.95. The van der Waals surface area contributed by atoms with Crippen LogP contribution in [0, 0.1) is 6.92 Å². The minimum atomic E-state index is -0.331. The van der Waals surface area contributed by atoms with E-state index in [9.17, 15) is 4.79 Å². The molecule has 0 aliphatic heterocycles. The van der Waals surface area contributed by atoms with Gasteiger partial charge < -0.3 is 10.6 Å². The van der Waals surface area contributed by atoms with Crippen molar-refractivity contribution < 1.29 is 4.79 Å². The zero-order chi connectivity index (χ0) is 15.4. The van der Waals surface area contributed by atoms with Gasteiger partial charge in [-0.1, -0.05) is 12.1 Å². The lowest BCUT2D eigenvalue weighted by Gasteiger charge is -2.17. The van der Waals surface area contributed by atoms with E-state index >= 15 is 0 Å². The Bertz CT molecular complexity index is 618. The van der Waals surface area contributed by atoms with Gasteiger partial charge in [-0.25, -0.2) is 4.68 Å². The first-order chi connectivity index (χ1) is 9.97. The van der Waals surface area contributed by atoms with E-state index in [4.69, 9.17) is 0 Å². The third-order valence-electron chi connectivity index (χ3n) is 3.21. The Morgan fingerprint density at radius 3 is 2.67 bits per heavy atom. The fourth-order valence-corrected chi connectivity index (χ4v) is 2.11. The van der Waals surface area contributed by atoms with Crippen LogP contribution in [0.5, 0.6) is 0 Å². The average molecular weight is 286 g/mol. The maximum Gasteiger partial charge on any atom is 0.247 e.